The van der Waals surface area contributed by atoms with E-state index >= 15 is 0 Å². The zero-order chi connectivity index (χ0) is 32.2. The fraction of sp³-hybridized carbons (Fsp3) is 0.464. The van der Waals surface area contributed by atoms with Gasteiger partial charge < -0.3 is 20.3 Å². The number of thiazole rings is 1. The number of amides is 3. The topological polar surface area (TPSA) is 130 Å². The van der Waals surface area contributed by atoms with Crippen LogP contribution >= 0.6 is 11.3 Å². The second-order valence-electron chi connectivity index (χ2n) is 11.0. The SMILES string of the molecule is CCn1ncc(NC(=O)c2nc(-c3ccccc3F)sc2NC(=O)OC(C)(C)C)c1N1CCC[C@@H](NC(=O)C(F)(F)F)CC1. The van der Waals surface area contributed by atoms with E-state index in [1.807, 2.05) is 11.8 Å². The minimum Gasteiger partial charge on any atom is -0.444 e. The van der Waals surface area contributed by atoms with Gasteiger partial charge in [-0.3, -0.25) is 14.9 Å². The third-order valence-corrected chi connectivity index (χ3v) is 7.54. The van der Waals surface area contributed by atoms with Crippen molar-refractivity contribution in [3.63, 3.8) is 0 Å². The Kier molecular flexibility index (Phi) is 9.81. The summed E-state index contributed by atoms with van der Waals surface area (Å²) >= 11 is 0.902. The zero-order valence-electron chi connectivity index (χ0n) is 24.5. The lowest BCUT2D eigenvalue weighted by Crippen LogP contribution is -2.43. The van der Waals surface area contributed by atoms with Gasteiger partial charge in [-0.2, -0.15) is 18.3 Å². The molecule has 44 heavy (non-hydrogen) atoms. The number of carbonyl (C=O) groups is 3. The van der Waals surface area contributed by atoms with Gasteiger partial charge >= 0.3 is 18.2 Å². The van der Waals surface area contributed by atoms with Crippen molar-refractivity contribution in [2.45, 2.75) is 71.3 Å². The molecule has 4 rings (SSSR count). The van der Waals surface area contributed by atoms with E-state index in [-0.39, 0.29) is 34.2 Å². The first kappa shape index (κ1) is 32.7. The highest BCUT2D eigenvalue weighted by Gasteiger charge is 2.40. The molecule has 238 valence electrons. The molecule has 1 fully saturated rings. The minimum absolute atomic E-state index is 0.0393. The van der Waals surface area contributed by atoms with Crippen molar-refractivity contribution >= 4 is 45.8 Å². The summed E-state index contributed by atoms with van der Waals surface area (Å²) in [5.41, 5.74) is -0.560. The van der Waals surface area contributed by atoms with Crippen molar-refractivity contribution < 1.29 is 36.7 Å². The molecule has 3 N–H and O–H groups in total. The normalized spacial score (nSPS) is 15.8. The molecule has 0 unspecified atom stereocenters. The van der Waals surface area contributed by atoms with Crippen LogP contribution in [0.25, 0.3) is 10.6 Å². The molecule has 3 heterocycles. The van der Waals surface area contributed by atoms with Crippen LogP contribution in [0.3, 0.4) is 0 Å². The maximum atomic E-state index is 14.6. The van der Waals surface area contributed by atoms with Gasteiger partial charge in [0, 0.05) is 31.2 Å². The van der Waals surface area contributed by atoms with E-state index in [2.05, 4.69) is 26.0 Å². The Bertz CT molecular complexity index is 1520. The van der Waals surface area contributed by atoms with Crippen LogP contribution in [-0.4, -0.2) is 63.6 Å². The van der Waals surface area contributed by atoms with Gasteiger partial charge in [0.05, 0.1) is 6.20 Å². The van der Waals surface area contributed by atoms with Gasteiger partial charge in [0.1, 0.15) is 27.1 Å². The summed E-state index contributed by atoms with van der Waals surface area (Å²) in [7, 11) is 0. The molecule has 11 nitrogen and oxygen atoms in total. The highest BCUT2D eigenvalue weighted by molar-refractivity contribution is 7.19. The Labute approximate surface area is 255 Å². The molecule has 1 aliphatic heterocycles. The van der Waals surface area contributed by atoms with E-state index in [9.17, 15) is 31.9 Å². The molecule has 2 aromatic heterocycles. The van der Waals surface area contributed by atoms with Crippen LogP contribution in [-0.2, 0) is 16.1 Å². The third-order valence-electron chi connectivity index (χ3n) is 6.54. The van der Waals surface area contributed by atoms with Crippen molar-refractivity contribution in [1.29, 1.82) is 0 Å². The van der Waals surface area contributed by atoms with E-state index in [1.54, 1.807) is 31.5 Å². The summed E-state index contributed by atoms with van der Waals surface area (Å²) in [5, 5.41) is 11.9. The molecule has 0 bridgehead atoms. The van der Waals surface area contributed by atoms with E-state index < -0.39 is 41.5 Å². The molecule has 0 aliphatic carbocycles. The smallest absolute Gasteiger partial charge is 0.444 e. The van der Waals surface area contributed by atoms with Crippen molar-refractivity contribution in [2.24, 2.45) is 0 Å². The number of hydrogen-bond acceptors (Lipinski definition) is 8. The molecule has 3 amide bonds. The number of alkyl halides is 3. The summed E-state index contributed by atoms with van der Waals surface area (Å²) in [5.74, 6) is -2.72. The summed E-state index contributed by atoms with van der Waals surface area (Å²) in [6.07, 6.45) is -3.29. The molecule has 0 radical (unpaired) electrons. The van der Waals surface area contributed by atoms with Crippen LogP contribution in [0.15, 0.2) is 30.5 Å². The predicted molar refractivity (Wildman–Crippen MR) is 157 cm³/mol. The fourth-order valence-corrected chi connectivity index (χ4v) is 5.61. The second-order valence-corrected chi connectivity index (χ2v) is 12.0. The molecule has 0 saturated carbocycles. The minimum atomic E-state index is -4.97. The van der Waals surface area contributed by atoms with E-state index in [0.29, 0.717) is 37.4 Å². The molecule has 16 heteroatoms. The Balaban J connectivity index is 1.60. The van der Waals surface area contributed by atoms with Crippen molar-refractivity contribution in [2.75, 3.05) is 28.6 Å². The lowest BCUT2D eigenvalue weighted by Gasteiger charge is -2.25. The van der Waals surface area contributed by atoms with Crippen LogP contribution < -0.4 is 20.9 Å². The molecule has 1 aromatic carbocycles. The van der Waals surface area contributed by atoms with Crippen LogP contribution in [0, 0.1) is 5.82 Å². The number of aromatic nitrogens is 3. The molecule has 1 aliphatic rings. The average molecular weight is 640 g/mol. The van der Waals surface area contributed by atoms with Gasteiger partial charge in [-0.25, -0.2) is 18.9 Å². The number of hydrogen-bond donors (Lipinski definition) is 3. The average Bonchev–Trinajstić information content (AvgIpc) is 3.45. The second kappa shape index (κ2) is 13.2. The first-order valence-corrected chi connectivity index (χ1v) is 14.7. The van der Waals surface area contributed by atoms with E-state index in [1.165, 1.54) is 24.4 Å². The van der Waals surface area contributed by atoms with Crippen LogP contribution in [0.5, 0.6) is 0 Å². The maximum Gasteiger partial charge on any atom is 0.471 e. The summed E-state index contributed by atoms with van der Waals surface area (Å²) < 4.78 is 59.9. The number of benzene rings is 1. The van der Waals surface area contributed by atoms with Crippen molar-refractivity contribution in [1.82, 2.24) is 20.1 Å². The Hall–Kier alpha value is -4.21. The van der Waals surface area contributed by atoms with Crippen molar-refractivity contribution in [3.8, 4) is 10.6 Å². The van der Waals surface area contributed by atoms with E-state index in [4.69, 9.17) is 4.74 Å². The van der Waals surface area contributed by atoms with Gasteiger partial charge in [-0.1, -0.05) is 23.5 Å². The van der Waals surface area contributed by atoms with Gasteiger partial charge in [-0.15, -0.1) is 0 Å². The monoisotopic (exact) mass is 639 g/mol. The lowest BCUT2D eigenvalue weighted by molar-refractivity contribution is -0.174. The summed E-state index contributed by atoms with van der Waals surface area (Å²) in [4.78, 5) is 43.9. The molecule has 3 aromatic rings. The van der Waals surface area contributed by atoms with Gasteiger partial charge in [0.2, 0.25) is 0 Å². The highest BCUT2D eigenvalue weighted by atomic mass is 32.1. The van der Waals surface area contributed by atoms with Crippen molar-refractivity contribution in [3.05, 3.63) is 42.0 Å². The fourth-order valence-electron chi connectivity index (χ4n) is 4.64. The summed E-state index contributed by atoms with van der Waals surface area (Å²) in [6, 6.07) is 5.22. The number of nitrogens with zero attached hydrogens (tertiary/aromatic N) is 4. The van der Waals surface area contributed by atoms with Crippen LogP contribution in [0.2, 0.25) is 0 Å². The molecular formula is C28H33F4N7O4S. The number of halogens is 4. The van der Waals surface area contributed by atoms with Crippen LogP contribution in [0.1, 0.15) is 57.4 Å². The first-order valence-electron chi connectivity index (χ1n) is 13.9. The van der Waals surface area contributed by atoms with Gasteiger partial charge in [-0.05, 0) is 59.1 Å². The number of anilines is 3. The standard InChI is InChI=1S/C28H33F4N7O4S/c1-5-39-24(38-13-8-9-16(12-14-38)34-25(41)28(30,31)32)19(15-33-39)35-21(40)20-23(37-26(42)43-27(2,3)4)44-22(36-20)17-10-6-7-11-18(17)29/h6-7,10-11,15-16H,5,8-9,12-14H2,1-4H3,(H,34,41)(H,35,40)(H,37,42)/t16-/m1/s1. The Morgan fingerprint density at radius 2 is 1.82 bits per heavy atom. The quantitative estimate of drug-likeness (QED) is 0.279. The molecular weight excluding hydrogens is 606 g/mol. The molecule has 0 spiro atoms. The molecule has 1 atom stereocenters. The number of carbonyl (C=O) groups excluding carboxylic acids is 3. The first-order chi connectivity index (χ1) is 20.7. The largest absolute Gasteiger partial charge is 0.471 e. The third kappa shape index (κ3) is 8.03. The summed E-state index contributed by atoms with van der Waals surface area (Å²) in [6.45, 7) is 8.04. The highest BCUT2D eigenvalue weighted by Crippen LogP contribution is 2.35. The predicted octanol–water partition coefficient (Wildman–Crippen LogP) is 5.80. The maximum absolute atomic E-state index is 14.6. The molecule has 1 saturated heterocycles. The van der Waals surface area contributed by atoms with Gasteiger partial charge in [0.25, 0.3) is 5.91 Å². The number of aryl methyl sites for hydroxylation is 1. The number of ether oxygens (including phenoxy) is 1. The number of rotatable bonds is 7. The zero-order valence-corrected chi connectivity index (χ0v) is 25.4. The Morgan fingerprint density at radius 3 is 2.48 bits per heavy atom. The van der Waals surface area contributed by atoms with Gasteiger partial charge in [0.15, 0.2) is 11.5 Å². The van der Waals surface area contributed by atoms with Crippen LogP contribution in [0.4, 0.5) is 38.9 Å². The van der Waals surface area contributed by atoms with E-state index in [0.717, 1.165) is 11.3 Å². The lowest BCUT2D eigenvalue weighted by atomic mass is 10.1. The Morgan fingerprint density at radius 1 is 1.09 bits per heavy atom. The number of nitrogens with one attached hydrogen (secondary N) is 3.